The van der Waals surface area contributed by atoms with E-state index in [0.717, 1.165) is 83.0 Å². The Labute approximate surface area is 335 Å². The third-order valence-corrected chi connectivity index (χ3v) is 12.6. The molecule has 9 aromatic carbocycles. The second-order valence-corrected chi connectivity index (χ2v) is 15.7. The first-order chi connectivity index (χ1) is 29.3. The molecule has 0 saturated heterocycles. The van der Waals surface area contributed by atoms with Crippen LogP contribution >= 0.6 is 0 Å². The molecule has 0 unspecified atom stereocenters. The number of hydrogen-bond donors (Lipinski definition) is 0. The standard InChI is InChI=1S/C54H31N3O2/c1-6-16-45-35(11-1)36-12-2-7-17-46(36)55(45)32-21-26-48-42(29-32)41-25-24-40-37-13-3-8-18-47(37)56(33-22-27-51-43(30-33)38-14-4-9-19-49(38)58-51)53(40)54(41)57(48)34-23-28-52-44(31-34)39-15-5-10-20-50(39)59-52/h1-31H. The Bertz CT molecular complexity index is 4040. The predicted octanol–water partition coefficient (Wildman–Crippen LogP) is 14.8. The molecule has 5 aromatic heterocycles. The number of hydrogen-bond acceptors (Lipinski definition) is 2. The van der Waals surface area contributed by atoms with Crippen LogP contribution in [0.15, 0.2) is 197 Å². The van der Waals surface area contributed by atoms with Crippen molar-refractivity contribution in [2.24, 2.45) is 0 Å². The molecule has 0 aliphatic carbocycles. The van der Waals surface area contributed by atoms with Crippen LogP contribution in [-0.4, -0.2) is 13.7 Å². The molecule has 59 heavy (non-hydrogen) atoms. The van der Waals surface area contributed by atoms with Crippen LogP contribution in [0.3, 0.4) is 0 Å². The first-order valence-electron chi connectivity index (χ1n) is 20.1. The fourth-order valence-corrected chi connectivity index (χ4v) is 10.1. The molecule has 0 aliphatic rings. The maximum Gasteiger partial charge on any atom is 0.135 e. The largest absolute Gasteiger partial charge is 0.456 e. The van der Waals surface area contributed by atoms with Crippen LogP contribution in [0.1, 0.15) is 0 Å². The first kappa shape index (κ1) is 31.1. The van der Waals surface area contributed by atoms with Gasteiger partial charge in [-0.1, -0.05) is 103 Å². The Morgan fingerprint density at radius 1 is 0.237 bits per heavy atom. The molecular formula is C54H31N3O2. The summed E-state index contributed by atoms with van der Waals surface area (Å²) < 4.78 is 20.0. The average molecular weight is 754 g/mol. The molecule has 14 rings (SSSR count). The van der Waals surface area contributed by atoms with Crippen molar-refractivity contribution in [3.63, 3.8) is 0 Å². The summed E-state index contributed by atoms with van der Waals surface area (Å²) in [6.45, 7) is 0. The molecule has 0 atom stereocenters. The van der Waals surface area contributed by atoms with Gasteiger partial charge in [0.25, 0.3) is 0 Å². The van der Waals surface area contributed by atoms with Gasteiger partial charge in [-0.25, -0.2) is 0 Å². The summed E-state index contributed by atoms with van der Waals surface area (Å²) in [4.78, 5) is 0. The number of rotatable bonds is 3. The number of fused-ring (bicyclic) bond motifs is 16. The molecule has 14 aromatic rings. The third-order valence-electron chi connectivity index (χ3n) is 12.6. The van der Waals surface area contributed by atoms with Crippen molar-refractivity contribution < 1.29 is 8.83 Å². The SMILES string of the molecule is c1ccc2c(c1)oc1ccc(-n3c4ccccc4c4ccc5c6cc(-n7c8ccccc8c8ccccc87)ccc6n(-c6ccc7oc8ccccc8c7c6)c5c43)cc12. The summed E-state index contributed by atoms with van der Waals surface area (Å²) in [6, 6.07) is 67.8. The van der Waals surface area contributed by atoms with E-state index in [9.17, 15) is 0 Å². The minimum absolute atomic E-state index is 0.879. The van der Waals surface area contributed by atoms with E-state index in [4.69, 9.17) is 8.83 Å². The number of para-hydroxylation sites is 5. The summed E-state index contributed by atoms with van der Waals surface area (Å²) in [5.74, 6) is 0. The molecule has 5 heterocycles. The minimum Gasteiger partial charge on any atom is -0.456 e. The highest BCUT2D eigenvalue weighted by atomic mass is 16.3. The van der Waals surface area contributed by atoms with Gasteiger partial charge < -0.3 is 22.5 Å². The van der Waals surface area contributed by atoms with Crippen molar-refractivity contribution in [3.05, 3.63) is 188 Å². The van der Waals surface area contributed by atoms with Crippen LogP contribution in [0.2, 0.25) is 0 Å². The van der Waals surface area contributed by atoms with Crippen molar-refractivity contribution in [2.45, 2.75) is 0 Å². The van der Waals surface area contributed by atoms with Crippen molar-refractivity contribution in [2.75, 3.05) is 0 Å². The van der Waals surface area contributed by atoms with E-state index in [0.29, 0.717) is 0 Å². The second-order valence-electron chi connectivity index (χ2n) is 15.7. The van der Waals surface area contributed by atoms with Gasteiger partial charge in [0.1, 0.15) is 22.3 Å². The van der Waals surface area contributed by atoms with Crippen LogP contribution in [0.5, 0.6) is 0 Å². The van der Waals surface area contributed by atoms with E-state index in [-0.39, 0.29) is 0 Å². The molecule has 0 aliphatic heterocycles. The van der Waals surface area contributed by atoms with Gasteiger partial charge in [-0.3, -0.25) is 0 Å². The van der Waals surface area contributed by atoms with Gasteiger partial charge in [-0.05, 0) is 84.9 Å². The lowest BCUT2D eigenvalue weighted by Crippen LogP contribution is -1.99. The van der Waals surface area contributed by atoms with Gasteiger partial charge in [-0.15, -0.1) is 0 Å². The molecule has 0 radical (unpaired) electrons. The summed E-state index contributed by atoms with van der Waals surface area (Å²) in [5, 5.41) is 11.7. The number of nitrogens with zero attached hydrogens (tertiary/aromatic N) is 3. The maximum absolute atomic E-state index is 6.35. The van der Waals surface area contributed by atoms with E-state index in [1.54, 1.807) is 0 Å². The molecule has 0 N–H and O–H groups in total. The Morgan fingerprint density at radius 2 is 0.593 bits per heavy atom. The second kappa shape index (κ2) is 11.3. The molecule has 5 heteroatoms. The van der Waals surface area contributed by atoms with E-state index in [2.05, 4.69) is 177 Å². The van der Waals surface area contributed by atoms with E-state index >= 15 is 0 Å². The third kappa shape index (κ3) is 4.13. The number of furan rings is 2. The lowest BCUT2D eigenvalue weighted by atomic mass is 10.1. The number of aromatic nitrogens is 3. The van der Waals surface area contributed by atoms with Crippen LogP contribution in [0, 0.1) is 0 Å². The van der Waals surface area contributed by atoms with Crippen LogP contribution in [0.4, 0.5) is 0 Å². The number of benzene rings is 9. The Hall–Kier alpha value is -8.02. The van der Waals surface area contributed by atoms with E-state index in [1.165, 1.54) is 43.4 Å². The van der Waals surface area contributed by atoms with Gasteiger partial charge in [0, 0.05) is 70.9 Å². The summed E-state index contributed by atoms with van der Waals surface area (Å²) in [5.41, 5.74) is 13.8. The lowest BCUT2D eigenvalue weighted by Gasteiger charge is -2.13. The smallest absolute Gasteiger partial charge is 0.135 e. The minimum atomic E-state index is 0.879. The molecule has 5 nitrogen and oxygen atoms in total. The molecule has 274 valence electrons. The normalized spacial score (nSPS) is 12.4. The monoisotopic (exact) mass is 753 g/mol. The molecule has 0 bridgehead atoms. The fraction of sp³-hybridized carbons (Fsp3) is 0. The summed E-state index contributed by atoms with van der Waals surface area (Å²) in [6.07, 6.45) is 0. The predicted molar refractivity (Wildman–Crippen MR) is 244 cm³/mol. The Morgan fingerprint density at radius 3 is 1.14 bits per heavy atom. The first-order valence-corrected chi connectivity index (χ1v) is 20.1. The molecule has 0 spiro atoms. The van der Waals surface area contributed by atoms with Crippen molar-refractivity contribution >= 4 is 109 Å². The van der Waals surface area contributed by atoms with Gasteiger partial charge in [0.2, 0.25) is 0 Å². The lowest BCUT2D eigenvalue weighted by molar-refractivity contribution is 0.668. The van der Waals surface area contributed by atoms with Crippen LogP contribution in [-0.2, 0) is 0 Å². The molecular weight excluding hydrogens is 723 g/mol. The van der Waals surface area contributed by atoms with E-state index < -0.39 is 0 Å². The Kier molecular flexibility index (Phi) is 5.96. The molecule has 0 amide bonds. The van der Waals surface area contributed by atoms with Crippen molar-refractivity contribution in [1.29, 1.82) is 0 Å². The van der Waals surface area contributed by atoms with Gasteiger partial charge in [0.05, 0.1) is 33.1 Å². The Balaban J connectivity index is 1.15. The average Bonchev–Trinajstić information content (AvgIpc) is 4.09. The summed E-state index contributed by atoms with van der Waals surface area (Å²) in [7, 11) is 0. The van der Waals surface area contributed by atoms with Crippen LogP contribution in [0.25, 0.3) is 126 Å². The van der Waals surface area contributed by atoms with Gasteiger partial charge >= 0.3 is 0 Å². The highest BCUT2D eigenvalue weighted by Gasteiger charge is 2.23. The van der Waals surface area contributed by atoms with Crippen molar-refractivity contribution in [1.82, 2.24) is 13.7 Å². The van der Waals surface area contributed by atoms with Crippen molar-refractivity contribution in [3.8, 4) is 17.1 Å². The topological polar surface area (TPSA) is 41.1 Å². The van der Waals surface area contributed by atoms with E-state index in [1.807, 2.05) is 24.3 Å². The highest BCUT2D eigenvalue weighted by molar-refractivity contribution is 6.24. The molecule has 0 fully saturated rings. The highest BCUT2D eigenvalue weighted by Crippen LogP contribution is 2.44. The zero-order chi connectivity index (χ0) is 38.3. The summed E-state index contributed by atoms with van der Waals surface area (Å²) >= 11 is 0. The van der Waals surface area contributed by atoms with Gasteiger partial charge in [0.15, 0.2) is 0 Å². The quantitative estimate of drug-likeness (QED) is 0.180. The molecule has 0 saturated carbocycles. The van der Waals surface area contributed by atoms with Gasteiger partial charge in [-0.2, -0.15) is 0 Å². The fourth-order valence-electron chi connectivity index (χ4n) is 10.1. The zero-order valence-electron chi connectivity index (χ0n) is 31.6. The maximum atomic E-state index is 6.35. The van der Waals surface area contributed by atoms with Crippen LogP contribution < -0.4 is 0 Å². The zero-order valence-corrected chi connectivity index (χ0v) is 31.6.